The van der Waals surface area contributed by atoms with E-state index >= 15 is 0 Å². The molecular weight excluding hydrogens is 356 g/mol. The Bertz CT molecular complexity index is 755. The summed E-state index contributed by atoms with van der Waals surface area (Å²) in [5, 5.41) is 7.82. The van der Waals surface area contributed by atoms with Gasteiger partial charge in [-0.25, -0.2) is 4.98 Å². The standard InChI is InChI=1S/C21H28N4OS/c1-5-15-26-19-9-7-18(8-10-19)11-13-23-21(22-6-2)24-14-12-20-25-16(3)17(4)27-20/h1,7-10H,6,11-15H2,2-4H3,(H2,22,23,24). The highest BCUT2D eigenvalue weighted by Gasteiger charge is 2.04. The zero-order chi connectivity index (χ0) is 19.5. The van der Waals surface area contributed by atoms with Crippen molar-refractivity contribution < 1.29 is 4.74 Å². The van der Waals surface area contributed by atoms with Crippen molar-refractivity contribution >= 4 is 17.3 Å². The summed E-state index contributed by atoms with van der Waals surface area (Å²) in [5.41, 5.74) is 2.36. The molecule has 27 heavy (non-hydrogen) atoms. The molecule has 0 fully saturated rings. The van der Waals surface area contributed by atoms with Crippen LogP contribution in [0.15, 0.2) is 29.3 Å². The number of hydrogen-bond donors (Lipinski definition) is 2. The van der Waals surface area contributed by atoms with Crippen LogP contribution < -0.4 is 15.4 Å². The SMILES string of the molecule is C#CCOc1ccc(CCNC(=NCCc2nc(C)c(C)s2)NCC)cc1. The minimum atomic E-state index is 0.295. The second-order valence-corrected chi connectivity index (χ2v) is 7.36. The molecule has 2 aromatic rings. The predicted molar refractivity (Wildman–Crippen MR) is 114 cm³/mol. The quantitative estimate of drug-likeness (QED) is 0.396. The van der Waals surface area contributed by atoms with E-state index < -0.39 is 0 Å². The molecule has 0 aliphatic heterocycles. The Morgan fingerprint density at radius 3 is 2.63 bits per heavy atom. The van der Waals surface area contributed by atoms with E-state index in [9.17, 15) is 0 Å². The first-order valence-corrected chi connectivity index (χ1v) is 10.0. The van der Waals surface area contributed by atoms with Gasteiger partial charge in [0.05, 0.1) is 10.7 Å². The van der Waals surface area contributed by atoms with Crippen LogP contribution in [0, 0.1) is 26.2 Å². The van der Waals surface area contributed by atoms with Crippen LogP contribution in [-0.4, -0.2) is 37.2 Å². The maximum absolute atomic E-state index is 5.39. The number of nitrogens with one attached hydrogen (secondary N) is 2. The first kappa shape index (κ1) is 20.8. The molecular formula is C21H28N4OS. The number of nitrogens with zero attached hydrogens (tertiary/aromatic N) is 2. The number of guanidine groups is 1. The molecule has 1 aromatic heterocycles. The lowest BCUT2D eigenvalue weighted by Crippen LogP contribution is -2.38. The predicted octanol–water partition coefficient (Wildman–Crippen LogP) is 3.11. The number of rotatable bonds is 9. The Morgan fingerprint density at radius 2 is 2.00 bits per heavy atom. The number of benzene rings is 1. The highest BCUT2D eigenvalue weighted by atomic mass is 32.1. The molecule has 0 aliphatic carbocycles. The van der Waals surface area contributed by atoms with Crippen molar-refractivity contribution in [1.82, 2.24) is 15.6 Å². The molecule has 0 saturated carbocycles. The maximum atomic E-state index is 5.39. The molecule has 5 nitrogen and oxygen atoms in total. The zero-order valence-corrected chi connectivity index (χ0v) is 17.2. The van der Waals surface area contributed by atoms with E-state index in [4.69, 9.17) is 11.2 Å². The Morgan fingerprint density at radius 1 is 1.22 bits per heavy atom. The maximum Gasteiger partial charge on any atom is 0.191 e. The summed E-state index contributed by atoms with van der Waals surface area (Å²) in [6.45, 7) is 8.90. The number of aromatic nitrogens is 1. The van der Waals surface area contributed by atoms with Gasteiger partial charge in [-0.15, -0.1) is 17.8 Å². The van der Waals surface area contributed by atoms with E-state index in [0.717, 1.165) is 54.9 Å². The van der Waals surface area contributed by atoms with Crippen LogP contribution in [0.5, 0.6) is 5.75 Å². The first-order chi connectivity index (χ1) is 13.1. The van der Waals surface area contributed by atoms with Crippen molar-refractivity contribution in [2.75, 3.05) is 26.2 Å². The topological polar surface area (TPSA) is 58.5 Å². The third-order valence-electron chi connectivity index (χ3n) is 3.96. The van der Waals surface area contributed by atoms with E-state index in [1.807, 2.05) is 12.1 Å². The van der Waals surface area contributed by atoms with Crippen LogP contribution >= 0.6 is 11.3 Å². The Balaban J connectivity index is 1.78. The van der Waals surface area contributed by atoms with Crippen molar-refractivity contribution in [3.05, 3.63) is 45.4 Å². The molecule has 1 aromatic carbocycles. The van der Waals surface area contributed by atoms with Gasteiger partial charge < -0.3 is 15.4 Å². The normalized spacial score (nSPS) is 11.1. The number of aliphatic imine (C=N–C) groups is 1. The lowest BCUT2D eigenvalue weighted by molar-refractivity contribution is 0.370. The lowest BCUT2D eigenvalue weighted by atomic mass is 10.1. The van der Waals surface area contributed by atoms with Gasteiger partial charge in [0.1, 0.15) is 12.4 Å². The minimum Gasteiger partial charge on any atom is -0.481 e. The Kier molecular flexibility index (Phi) is 8.66. The summed E-state index contributed by atoms with van der Waals surface area (Å²) in [6.07, 6.45) is 6.97. The molecule has 0 radical (unpaired) electrons. The average molecular weight is 385 g/mol. The van der Waals surface area contributed by atoms with Crippen molar-refractivity contribution in [3.8, 4) is 18.1 Å². The minimum absolute atomic E-state index is 0.295. The van der Waals surface area contributed by atoms with Crippen molar-refractivity contribution in [3.63, 3.8) is 0 Å². The van der Waals surface area contributed by atoms with E-state index in [1.54, 1.807) is 11.3 Å². The number of thiazole rings is 1. The van der Waals surface area contributed by atoms with Gasteiger partial charge in [0.25, 0.3) is 0 Å². The fraction of sp³-hybridized carbons (Fsp3) is 0.429. The zero-order valence-electron chi connectivity index (χ0n) is 16.3. The van der Waals surface area contributed by atoms with E-state index in [2.05, 4.69) is 59.4 Å². The van der Waals surface area contributed by atoms with Crippen LogP contribution in [0.1, 0.15) is 28.1 Å². The monoisotopic (exact) mass is 384 g/mol. The number of ether oxygens (including phenoxy) is 1. The van der Waals surface area contributed by atoms with Crippen molar-refractivity contribution in [2.45, 2.75) is 33.6 Å². The van der Waals surface area contributed by atoms with Gasteiger partial charge in [0, 0.05) is 30.9 Å². The molecule has 0 bridgehead atoms. The Labute approximate surface area is 166 Å². The van der Waals surface area contributed by atoms with Crippen LogP contribution in [0.3, 0.4) is 0 Å². The molecule has 1 heterocycles. The van der Waals surface area contributed by atoms with Gasteiger partial charge in [-0.1, -0.05) is 18.1 Å². The van der Waals surface area contributed by atoms with Gasteiger partial charge in [-0.3, -0.25) is 4.99 Å². The summed E-state index contributed by atoms with van der Waals surface area (Å²) in [6, 6.07) is 8.02. The van der Waals surface area contributed by atoms with Crippen LogP contribution in [-0.2, 0) is 12.8 Å². The lowest BCUT2D eigenvalue weighted by Gasteiger charge is -2.11. The summed E-state index contributed by atoms with van der Waals surface area (Å²) in [7, 11) is 0. The van der Waals surface area contributed by atoms with Gasteiger partial charge in [-0.05, 0) is 44.9 Å². The first-order valence-electron chi connectivity index (χ1n) is 9.22. The molecule has 0 spiro atoms. The summed E-state index contributed by atoms with van der Waals surface area (Å²) >= 11 is 1.76. The highest BCUT2D eigenvalue weighted by molar-refractivity contribution is 7.11. The van der Waals surface area contributed by atoms with Gasteiger partial charge in [-0.2, -0.15) is 0 Å². The number of aryl methyl sites for hydroxylation is 2. The van der Waals surface area contributed by atoms with Gasteiger partial charge >= 0.3 is 0 Å². The van der Waals surface area contributed by atoms with Crippen molar-refractivity contribution in [2.24, 2.45) is 4.99 Å². The van der Waals surface area contributed by atoms with E-state index in [0.29, 0.717) is 6.61 Å². The fourth-order valence-electron chi connectivity index (χ4n) is 2.45. The molecule has 2 rings (SSSR count). The van der Waals surface area contributed by atoms with Crippen LogP contribution in [0.4, 0.5) is 0 Å². The molecule has 144 valence electrons. The van der Waals surface area contributed by atoms with E-state index in [-0.39, 0.29) is 0 Å². The second kappa shape index (κ2) is 11.2. The number of terminal acetylenes is 1. The van der Waals surface area contributed by atoms with Gasteiger partial charge in [0.15, 0.2) is 5.96 Å². The van der Waals surface area contributed by atoms with Crippen LogP contribution in [0.25, 0.3) is 0 Å². The molecule has 0 saturated heterocycles. The van der Waals surface area contributed by atoms with Crippen molar-refractivity contribution in [1.29, 1.82) is 0 Å². The fourth-order valence-corrected chi connectivity index (χ4v) is 3.38. The molecule has 0 unspecified atom stereocenters. The summed E-state index contributed by atoms with van der Waals surface area (Å²) in [5.74, 6) is 4.11. The molecule has 2 N–H and O–H groups in total. The molecule has 0 amide bonds. The third kappa shape index (κ3) is 7.32. The molecule has 6 heteroatoms. The van der Waals surface area contributed by atoms with Gasteiger partial charge in [0.2, 0.25) is 0 Å². The van der Waals surface area contributed by atoms with Crippen LogP contribution in [0.2, 0.25) is 0 Å². The number of hydrogen-bond acceptors (Lipinski definition) is 4. The molecule has 0 atom stereocenters. The second-order valence-electron chi connectivity index (χ2n) is 6.07. The third-order valence-corrected chi connectivity index (χ3v) is 5.10. The average Bonchev–Trinajstić information content (AvgIpc) is 2.98. The smallest absolute Gasteiger partial charge is 0.191 e. The molecule has 0 aliphatic rings. The Hall–Kier alpha value is -2.52. The summed E-state index contributed by atoms with van der Waals surface area (Å²) in [4.78, 5) is 10.5. The van der Waals surface area contributed by atoms with E-state index in [1.165, 1.54) is 10.4 Å². The summed E-state index contributed by atoms with van der Waals surface area (Å²) < 4.78 is 5.39. The largest absolute Gasteiger partial charge is 0.481 e. The highest BCUT2D eigenvalue weighted by Crippen LogP contribution is 2.16.